The lowest BCUT2D eigenvalue weighted by atomic mass is 9.99. The van der Waals surface area contributed by atoms with Crippen LogP contribution in [0.2, 0.25) is 12.1 Å². The average molecular weight is 1670 g/mol. The molecule has 108 heavy (non-hydrogen) atoms. The molecule has 1 fully saturated rings. The van der Waals surface area contributed by atoms with E-state index in [1.165, 1.54) is 23.5 Å². The van der Waals surface area contributed by atoms with E-state index in [0.29, 0.717) is 82.8 Å². The molecule has 572 valence electrons. The van der Waals surface area contributed by atoms with E-state index >= 15 is 0 Å². The number of carbonyl (C=O) groups is 4. The normalized spacial score (nSPS) is 12.3. The molecule has 2 amide bonds. The van der Waals surface area contributed by atoms with Gasteiger partial charge in [-0.25, -0.2) is 23.9 Å². The van der Waals surface area contributed by atoms with Gasteiger partial charge in [0.2, 0.25) is 0 Å². The highest BCUT2D eigenvalue weighted by molar-refractivity contribution is 8.93. The fraction of sp³-hybridized carbons (Fsp3) is 0.358. The van der Waals surface area contributed by atoms with Crippen molar-refractivity contribution in [1.82, 2.24) is 32.5 Å². The number of Topliss-reactive ketones (excluding diaryl/α,β-unsaturated/α-hetero) is 1. The second-order valence-corrected chi connectivity index (χ2v) is 31.3. The molecule has 0 spiro atoms. The van der Waals surface area contributed by atoms with Gasteiger partial charge in [0, 0.05) is 143 Å². The van der Waals surface area contributed by atoms with Crippen LogP contribution in [0.15, 0.2) is 170 Å². The van der Waals surface area contributed by atoms with E-state index in [2.05, 4.69) is 90.8 Å². The molecule has 1 saturated heterocycles. The van der Waals surface area contributed by atoms with Gasteiger partial charge in [0.05, 0.1) is 46.2 Å². The summed E-state index contributed by atoms with van der Waals surface area (Å²) in [4.78, 5) is 62.9. The van der Waals surface area contributed by atoms with Crippen LogP contribution in [0.4, 0.5) is 0 Å². The molecule has 0 aliphatic carbocycles. The zero-order valence-electron chi connectivity index (χ0n) is 62.4. The first-order valence-corrected chi connectivity index (χ1v) is 42.2. The quantitative estimate of drug-likeness (QED) is 0.0163. The fourth-order valence-corrected chi connectivity index (χ4v) is 18.7. The lowest BCUT2D eigenvalue weighted by molar-refractivity contribution is -0.697. The van der Waals surface area contributed by atoms with Crippen molar-refractivity contribution < 1.29 is 76.7 Å². The number of halogens is 2. The van der Waals surface area contributed by atoms with Gasteiger partial charge in [-0.3, -0.25) is 14.4 Å². The second-order valence-electron chi connectivity index (χ2n) is 24.8. The number of nitrogens with zero attached hydrogens (tertiary/aromatic N) is 9. The first-order valence-electron chi connectivity index (χ1n) is 36.9. The van der Waals surface area contributed by atoms with Crippen molar-refractivity contribution in [2.45, 2.75) is 144 Å². The molecule has 27 heteroatoms. The maximum Gasteiger partial charge on any atom is 0.500 e. The Labute approximate surface area is 665 Å². The molecule has 0 bridgehead atoms. The summed E-state index contributed by atoms with van der Waals surface area (Å²) in [5.41, 5.74) is 20.2. The lowest BCUT2D eigenvalue weighted by Gasteiger charge is -2.28. The van der Waals surface area contributed by atoms with Gasteiger partial charge in [0.1, 0.15) is 40.9 Å². The number of rotatable bonds is 39. The van der Waals surface area contributed by atoms with Crippen LogP contribution >= 0.6 is 40.4 Å². The summed E-state index contributed by atoms with van der Waals surface area (Å²) in [5, 5.41) is 0.593. The molecule has 0 radical (unpaired) electrons. The van der Waals surface area contributed by atoms with E-state index in [9.17, 15) is 19.2 Å². The van der Waals surface area contributed by atoms with E-state index in [1.54, 1.807) is 0 Å². The van der Waals surface area contributed by atoms with Gasteiger partial charge in [-0.2, -0.15) is 17.5 Å². The van der Waals surface area contributed by atoms with Gasteiger partial charge in [-0.1, -0.05) is 133 Å². The Morgan fingerprint density at radius 1 is 0.454 bits per heavy atom. The maximum absolute atomic E-state index is 12.6. The van der Waals surface area contributed by atoms with Crippen molar-refractivity contribution in [3.05, 3.63) is 193 Å². The number of nitrogens with two attached hydrogens (primary N) is 1. The summed E-state index contributed by atoms with van der Waals surface area (Å²) in [6, 6.07) is 50.5. The van der Waals surface area contributed by atoms with Crippen LogP contribution < -0.4 is 31.8 Å². The van der Waals surface area contributed by atoms with Gasteiger partial charge < -0.3 is 54.1 Å². The highest BCUT2D eigenvalue weighted by atomic mass is 79.9. The van der Waals surface area contributed by atoms with Crippen LogP contribution in [-0.2, 0) is 63.7 Å². The summed E-state index contributed by atoms with van der Waals surface area (Å²) in [6.45, 7) is 17.7. The van der Waals surface area contributed by atoms with Crippen LogP contribution in [0.1, 0.15) is 141 Å². The summed E-state index contributed by atoms with van der Waals surface area (Å²) in [5.74, 6) is -1.17. The van der Waals surface area contributed by atoms with E-state index < -0.39 is 35.4 Å². The molecule has 0 unspecified atom stereocenters. The van der Waals surface area contributed by atoms with Crippen molar-refractivity contribution in [3.63, 3.8) is 0 Å². The van der Waals surface area contributed by atoms with Gasteiger partial charge in [-0.05, 0) is 115 Å². The molecular formula is C81H99Br2N10O11S2Si2+. The van der Waals surface area contributed by atoms with Crippen molar-refractivity contribution in [1.29, 1.82) is 0 Å². The first kappa shape index (κ1) is 87.2. The number of aromatic nitrogens is 8. The number of carbonyl (C=O) groups excluding carboxylic acids is 4. The van der Waals surface area contributed by atoms with Gasteiger partial charge in [-0.15, -0.1) is 22.0 Å². The van der Waals surface area contributed by atoms with Crippen LogP contribution in [0.3, 0.4) is 0 Å². The summed E-state index contributed by atoms with van der Waals surface area (Å²) in [6.07, 6.45) is 23.7. The lowest BCUT2D eigenvalue weighted by Crippen LogP contribution is -3.00. The molecule has 0 atom stereocenters. The van der Waals surface area contributed by atoms with E-state index in [4.69, 9.17) is 51.5 Å². The number of unbranched alkanes of at least 4 members (excludes halogenated alkanes) is 3. The average Bonchev–Trinajstić information content (AvgIpc) is 1.49. The van der Waals surface area contributed by atoms with Crippen molar-refractivity contribution in [2.24, 2.45) is 5.73 Å². The molecule has 0 saturated carbocycles. The van der Waals surface area contributed by atoms with Crippen molar-refractivity contribution in [2.75, 3.05) is 46.2 Å². The van der Waals surface area contributed by atoms with Crippen LogP contribution in [0.25, 0.3) is 91.1 Å². The number of fused-ring (bicyclic) bond motifs is 2. The smallest absolute Gasteiger partial charge is 0.500 e. The summed E-state index contributed by atoms with van der Waals surface area (Å²) < 4.78 is 57.6. The summed E-state index contributed by atoms with van der Waals surface area (Å²) >= 11 is 2.41. The zero-order chi connectivity index (χ0) is 74.8. The number of aryl methyl sites for hydroxylation is 2. The molecule has 6 aromatic heterocycles. The van der Waals surface area contributed by atoms with Gasteiger partial charge in [0.25, 0.3) is 11.8 Å². The third kappa shape index (κ3) is 25.5. The third-order valence-electron chi connectivity index (χ3n) is 17.2. The van der Waals surface area contributed by atoms with Gasteiger partial charge >= 0.3 is 23.6 Å². The first-order chi connectivity index (χ1) is 51.9. The number of hydrogen-bond acceptors (Lipinski definition) is 20. The second kappa shape index (κ2) is 46.5. The largest absolute Gasteiger partial charge is 1.00 e. The Bertz CT molecular complexity index is 4390. The molecule has 1 aliphatic rings. The highest BCUT2D eigenvalue weighted by Gasteiger charge is 2.41. The predicted molar refractivity (Wildman–Crippen MR) is 432 cm³/mol. The van der Waals surface area contributed by atoms with Crippen LogP contribution in [0, 0.1) is 0 Å². The van der Waals surface area contributed by atoms with Crippen molar-refractivity contribution in [3.8, 4) is 44.8 Å². The fourth-order valence-electron chi connectivity index (χ4n) is 12.2. The monoisotopic (exact) mass is 1670 g/mol. The van der Waals surface area contributed by atoms with E-state index in [0.717, 1.165) is 147 Å². The standard InChI is InChI=1S/C39H47N4O4SSi.C33H28N5O4S.C9H23NO3Si.2BrH/c1-4-45-49(46-5-2,47-6-3)30-16-14-22-34(44)21-13-15-27-43-28-25-31(26-29-43)23-24-35-36(32-17-9-7-10-18-32)38-39(42-48-41-38)37(40-35)33-19-11-8-12-20-33;39-27-16-17-28(40)38(27)42-29(41)13-7-8-20-37-21-18-23(19-22-37)14-15-26-30(24-9-3-1-4-10-24)32-33(36-43-35-32)31(34-26)25-11-5-2-6-12-25;1-4-11-14(12-5-2,13-6-3)9-7-8-10;;/h7-12,17-20,23-26,28-29H,4-6,13-16,21-22,27,30H2,1-3H3;1-6,9-12,14-15,18-19,21-22H,7-8,13,16-17,20H2;4-10H2,1-3H3;2*1H/q2*+1;;;/p-1/b24-23+;15-14+;;;. The number of hydroxylamine groups is 2. The Morgan fingerprint density at radius 2 is 0.796 bits per heavy atom. The number of imide groups is 1. The van der Waals surface area contributed by atoms with Crippen molar-refractivity contribution >= 4 is 128 Å². The number of benzene rings is 4. The zero-order valence-corrected chi connectivity index (χ0v) is 69.4. The molecule has 21 nitrogen and oxygen atoms in total. The molecule has 11 rings (SSSR count). The van der Waals surface area contributed by atoms with E-state index in [1.807, 2.05) is 168 Å². The number of amides is 2. The number of hydrogen-bond donors (Lipinski definition) is 1. The van der Waals surface area contributed by atoms with Crippen LogP contribution in [0.5, 0.6) is 0 Å². The SMILES string of the molecule is Br.CCO[Si](CCCCC(=O)CCCC[n+]1ccc(/C=C/c2nc(-c3ccccc3)c3nsnc3c2-c2ccccc2)cc1)(OCC)OCC.CCO[Si](CCCN)(OCC)OCC.O=C(CCCC[n+]1ccc(/C=C/c2nc(-c3ccccc3)c3nsnc3c2-c2ccccc2)cc1)ON1C(=O)CCC1=O.[Br-]. The molecule has 10 aromatic rings. The third-order valence-corrected chi connectivity index (χ3v) is 24.6. The Morgan fingerprint density at radius 3 is 1.17 bits per heavy atom. The number of pyridine rings is 4. The Kier molecular flexibility index (Phi) is 37.5. The minimum Gasteiger partial charge on any atom is -1.00 e. The molecule has 2 N–H and O–H groups in total. The van der Waals surface area contributed by atoms with E-state index in [-0.39, 0.29) is 53.2 Å². The molecular weight excluding hydrogens is 1570 g/mol. The Balaban J connectivity index is 0.000000253. The molecule has 1 aliphatic heterocycles. The minimum absolute atomic E-state index is 0. The van der Waals surface area contributed by atoms with Gasteiger partial charge in [0.15, 0.2) is 24.8 Å². The van der Waals surface area contributed by atoms with Crippen LogP contribution in [-0.4, -0.2) is 120 Å². The maximum atomic E-state index is 12.6. The predicted octanol–water partition coefficient (Wildman–Crippen LogP) is 13.5. The Hall–Kier alpha value is -8.01. The number of ketones is 1. The minimum atomic E-state index is -2.63. The molecule has 7 heterocycles. The molecule has 4 aromatic carbocycles. The topological polar surface area (TPSA) is 247 Å². The summed E-state index contributed by atoms with van der Waals surface area (Å²) in [7, 11) is -5.02. The highest BCUT2D eigenvalue weighted by Crippen LogP contribution is 2.38.